The van der Waals surface area contributed by atoms with Crippen molar-refractivity contribution in [1.29, 1.82) is 0 Å². The number of rotatable bonds is 6. The molecule has 1 heterocycles. The first-order chi connectivity index (χ1) is 8.40. The zero-order valence-electron chi connectivity index (χ0n) is 11.2. The molecule has 1 rings (SSSR count). The molecule has 18 heavy (non-hydrogen) atoms. The second kappa shape index (κ2) is 5.34. The molecule has 0 saturated heterocycles. The Bertz CT molecular complexity index is 429. The molecular weight excluding hydrogens is 236 g/mol. The van der Waals surface area contributed by atoms with Crippen molar-refractivity contribution in [2.45, 2.75) is 39.2 Å². The van der Waals surface area contributed by atoms with Gasteiger partial charge >= 0.3 is 5.82 Å². The summed E-state index contributed by atoms with van der Waals surface area (Å²) in [6.45, 7) is 5.49. The molecule has 0 aliphatic rings. The van der Waals surface area contributed by atoms with Crippen molar-refractivity contribution in [2.75, 3.05) is 11.9 Å². The molecule has 1 aromatic rings. The normalized spacial score (nSPS) is 11.6. The Balaban J connectivity index is 3.20. The molecule has 1 aromatic heterocycles. The van der Waals surface area contributed by atoms with Gasteiger partial charge in [0, 0.05) is 14.0 Å². The third-order valence-electron chi connectivity index (χ3n) is 3.51. The van der Waals surface area contributed by atoms with E-state index in [4.69, 9.17) is 0 Å². The highest BCUT2D eigenvalue weighted by atomic mass is 16.6. The minimum atomic E-state index is -0.551. The number of aryl methyl sites for hydroxylation is 1. The Kier molecular flexibility index (Phi) is 4.28. The van der Waals surface area contributed by atoms with Crippen LogP contribution in [0.2, 0.25) is 0 Å². The van der Waals surface area contributed by atoms with Crippen LogP contribution in [0.3, 0.4) is 0 Å². The van der Waals surface area contributed by atoms with E-state index in [1.54, 1.807) is 18.5 Å². The van der Waals surface area contributed by atoms with Crippen molar-refractivity contribution < 1.29 is 10.0 Å². The Labute approximate surface area is 106 Å². The van der Waals surface area contributed by atoms with Crippen LogP contribution in [0.4, 0.5) is 11.6 Å². The summed E-state index contributed by atoms with van der Waals surface area (Å²) in [5.41, 5.74) is -0.551. The molecule has 0 spiro atoms. The maximum atomic E-state index is 11.0. The van der Waals surface area contributed by atoms with Crippen molar-refractivity contribution in [1.82, 2.24) is 9.55 Å². The van der Waals surface area contributed by atoms with Gasteiger partial charge in [0.05, 0.1) is 12.1 Å². The highest BCUT2D eigenvalue weighted by Gasteiger charge is 2.32. The van der Waals surface area contributed by atoms with Gasteiger partial charge < -0.3 is 20.5 Å². The molecule has 0 saturated carbocycles. The molecule has 0 fully saturated rings. The highest BCUT2D eigenvalue weighted by Crippen LogP contribution is 2.29. The smallest absolute Gasteiger partial charge is 0.394 e. The molecule has 0 unspecified atom stereocenters. The topological polar surface area (TPSA) is 93.2 Å². The Morgan fingerprint density at radius 2 is 2.06 bits per heavy atom. The Morgan fingerprint density at radius 3 is 2.44 bits per heavy atom. The minimum Gasteiger partial charge on any atom is -0.394 e. The fourth-order valence-electron chi connectivity index (χ4n) is 1.80. The number of nitrogens with zero attached hydrogens (tertiary/aromatic N) is 3. The summed E-state index contributed by atoms with van der Waals surface area (Å²) in [6, 6.07) is 0. The predicted octanol–water partition coefficient (Wildman–Crippen LogP) is 1.60. The first-order valence-electron chi connectivity index (χ1n) is 5.97. The van der Waals surface area contributed by atoms with Crippen molar-refractivity contribution in [2.24, 2.45) is 7.05 Å². The average Bonchev–Trinajstić information content (AvgIpc) is 2.64. The summed E-state index contributed by atoms with van der Waals surface area (Å²) in [5, 5.41) is 23.6. The predicted molar refractivity (Wildman–Crippen MR) is 68.6 cm³/mol. The first-order valence-corrected chi connectivity index (χ1v) is 5.97. The second-order valence-corrected chi connectivity index (χ2v) is 4.42. The molecule has 102 valence electrons. The monoisotopic (exact) mass is 256 g/mol. The zero-order valence-corrected chi connectivity index (χ0v) is 11.2. The highest BCUT2D eigenvalue weighted by molar-refractivity contribution is 5.55. The largest absolute Gasteiger partial charge is 0.406 e. The van der Waals surface area contributed by atoms with Crippen LogP contribution in [-0.2, 0) is 7.05 Å². The fourth-order valence-corrected chi connectivity index (χ4v) is 1.80. The molecule has 0 aliphatic heterocycles. The molecule has 0 radical (unpaired) electrons. The van der Waals surface area contributed by atoms with Gasteiger partial charge in [-0.25, -0.2) is 0 Å². The molecule has 0 amide bonds. The first kappa shape index (κ1) is 14.4. The van der Waals surface area contributed by atoms with Crippen molar-refractivity contribution in [3.8, 4) is 0 Å². The van der Waals surface area contributed by atoms with Gasteiger partial charge in [0.15, 0.2) is 0 Å². The van der Waals surface area contributed by atoms with Gasteiger partial charge in [0.2, 0.25) is 11.6 Å². The average molecular weight is 256 g/mol. The number of aromatic nitrogens is 2. The molecule has 0 aromatic carbocycles. The number of nitro groups is 1. The lowest BCUT2D eigenvalue weighted by molar-refractivity contribution is -0.388. The lowest BCUT2D eigenvalue weighted by atomic mass is 9.94. The van der Waals surface area contributed by atoms with Crippen LogP contribution in [0, 0.1) is 17.0 Å². The van der Waals surface area contributed by atoms with Gasteiger partial charge in [-0.05, 0) is 22.7 Å². The van der Waals surface area contributed by atoms with E-state index in [0.29, 0.717) is 24.5 Å². The van der Waals surface area contributed by atoms with Crippen molar-refractivity contribution in [3.63, 3.8) is 0 Å². The van der Waals surface area contributed by atoms with Gasteiger partial charge in [-0.15, -0.1) is 0 Å². The van der Waals surface area contributed by atoms with E-state index >= 15 is 0 Å². The molecule has 0 bridgehead atoms. The number of hydrogen-bond acceptors (Lipinski definition) is 5. The third-order valence-corrected chi connectivity index (χ3v) is 3.51. The van der Waals surface area contributed by atoms with Gasteiger partial charge in [-0.3, -0.25) is 4.57 Å². The van der Waals surface area contributed by atoms with E-state index in [1.807, 2.05) is 13.8 Å². The lowest BCUT2D eigenvalue weighted by Crippen LogP contribution is -2.41. The molecule has 0 aliphatic carbocycles. The van der Waals surface area contributed by atoms with E-state index in [-0.39, 0.29) is 12.4 Å². The summed E-state index contributed by atoms with van der Waals surface area (Å²) < 4.78 is 1.63. The molecule has 7 heteroatoms. The van der Waals surface area contributed by atoms with Gasteiger partial charge in [0.1, 0.15) is 0 Å². The van der Waals surface area contributed by atoms with Crippen LogP contribution in [0.1, 0.15) is 32.5 Å². The summed E-state index contributed by atoms with van der Waals surface area (Å²) in [6.07, 6.45) is 1.34. The number of anilines is 1. The van der Waals surface area contributed by atoms with Crippen LogP contribution < -0.4 is 5.32 Å². The number of nitrogens with one attached hydrogen (secondary N) is 1. The number of hydrogen-bond donors (Lipinski definition) is 2. The number of imidazole rings is 1. The lowest BCUT2D eigenvalue weighted by Gasteiger charge is -2.31. The zero-order chi connectivity index (χ0) is 13.9. The fraction of sp³-hybridized carbons (Fsp3) is 0.727. The third kappa shape index (κ3) is 2.45. The second-order valence-electron chi connectivity index (χ2n) is 4.42. The number of aliphatic hydroxyl groups excluding tert-OH is 1. The SMILES string of the molecule is CCC(CC)(CO)Nc1c([N+](=O)[O-])nc(C)n1C. The molecular formula is C11H20N4O3. The van der Waals surface area contributed by atoms with Crippen LogP contribution in [0.15, 0.2) is 0 Å². The maximum absolute atomic E-state index is 11.0. The van der Waals surface area contributed by atoms with Crippen LogP contribution in [-0.4, -0.2) is 31.7 Å². The van der Waals surface area contributed by atoms with E-state index in [2.05, 4.69) is 10.3 Å². The number of aliphatic hydroxyl groups is 1. The van der Waals surface area contributed by atoms with Crippen molar-refractivity contribution in [3.05, 3.63) is 15.9 Å². The summed E-state index contributed by atoms with van der Waals surface area (Å²) in [5.74, 6) is 0.702. The van der Waals surface area contributed by atoms with Crippen LogP contribution in [0.25, 0.3) is 0 Å². The standard InChI is InChI=1S/C11H20N4O3/c1-5-11(6-2,7-16)13-10-9(15(17)18)12-8(3)14(10)4/h13,16H,5-7H2,1-4H3. The van der Waals surface area contributed by atoms with E-state index in [9.17, 15) is 15.2 Å². The quantitative estimate of drug-likeness (QED) is 0.595. The van der Waals surface area contributed by atoms with Crippen LogP contribution in [0.5, 0.6) is 0 Å². The van der Waals surface area contributed by atoms with Gasteiger partial charge in [-0.1, -0.05) is 13.8 Å². The summed E-state index contributed by atoms with van der Waals surface area (Å²) >= 11 is 0. The van der Waals surface area contributed by atoms with E-state index in [0.717, 1.165) is 0 Å². The minimum absolute atomic E-state index is 0.0820. The van der Waals surface area contributed by atoms with Gasteiger partial charge in [0.25, 0.3) is 0 Å². The Hall–Kier alpha value is -1.63. The van der Waals surface area contributed by atoms with Gasteiger partial charge in [-0.2, -0.15) is 0 Å². The summed E-state index contributed by atoms with van der Waals surface area (Å²) in [4.78, 5) is 14.4. The Morgan fingerprint density at radius 1 is 1.50 bits per heavy atom. The summed E-state index contributed by atoms with van der Waals surface area (Å²) in [7, 11) is 1.71. The molecule has 0 atom stereocenters. The molecule has 2 N–H and O–H groups in total. The maximum Gasteiger partial charge on any atom is 0.406 e. The molecule has 7 nitrogen and oxygen atoms in total. The van der Waals surface area contributed by atoms with Crippen LogP contribution >= 0.6 is 0 Å². The van der Waals surface area contributed by atoms with E-state index < -0.39 is 10.5 Å². The van der Waals surface area contributed by atoms with E-state index in [1.165, 1.54) is 0 Å². The van der Waals surface area contributed by atoms with Crippen molar-refractivity contribution >= 4 is 11.6 Å².